The summed E-state index contributed by atoms with van der Waals surface area (Å²) < 4.78 is 25.9. The molecule has 0 aliphatic heterocycles. The Kier molecular flexibility index (Phi) is 30.1. The summed E-state index contributed by atoms with van der Waals surface area (Å²) in [5, 5.41) is 24.5. The molecule has 3 aromatic carbocycles. The number of hydrogen-bond donors (Lipinski definition) is 2. The maximum absolute atomic E-state index is 11.4. The molecule has 2 unspecified atom stereocenters. The van der Waals surface area contributed by atoms with E-state index in [1.807, 2.05) is 73.7 Å². The standard InChI is InChI=1S/C55H90O6/c1-4-7-9-11-13-15-17-19-21-23-25-27-29-31-36-44-52(56)59-55(6-3,60-53(57)45-37-32-30-28-26-24-22-20-18-16-14-12-10-8-5-2)61-54-50-43-39-38-40-48(50)46-47-51(54)58-49-41-34-33-35-42-49/h33-35,38-43,46-47,52-53,56-57H,4-32,36-37,44-45H2,1-3H3. The van der Waals surface area contributed by atoms with E-state index in [2.05, 4.69) is 13.8 Å². The Morgan fingerprint density at radius 2 is 0.803 bits per heavy atom. The Balaban J connectivity index is 1.50. The van der Waals surface area contributed by atoms with Gasteiger partial charge >= 0.3 is 5.97 Å². The average Bonchev–Trinajstić information content (AvgIpc) is 3.27. The molecule has 0 bridgehead atoms. The highest BCUT2D eigenvalue weighted by Crippen LogP contribution is 2.42. The van der Waals surface area contributed by atoms with Gasteiger partial charge in [-0.25, -0.2) is 0 Å². The van der Waals surface area contributed by atoms with Gasteiger partial charge in [0, 0.05) is 11.8 Å². The van der Waals surface area contributed by atoms with Crippen molar-refractivity contribution in [3.05, 3.63) is 66.7 Å². The fraction of sp³-hybridized carbons (Fsp3) is 0.709. The molecule has 0 fully saturated rings. The van der Waals surface area contributed by atoms with E-state index in [0.717, 1.165) is 49.3 Å². The Hall–Kier alpha value is -2.64. The number of unbranched alkanes of at least 4 members (excludes halogenated alkanes) is 28. The first-order chi connectivity index (χ1) is 30.0. The Morgan fingerprint density at radius 1 is 0.426 bits per heavy atom. The van der Waals surface area contributed by atoms with Crippen molar-refractivity contribution >= 4 is 10.8 Å². The van der Waals surface area contributed by atoms with Crippen LogP contribution in [-0.2, 0) is 9.47 Å². The number of rotatable bonds is 41. The highest BCUT2D eigenvalue weighted by atomic mass is 16.9. The highest BCUT2D eigenvalue weighted by molar-refractivity contribution is 5.90. The quantitative estimate of drug-likeness (QED) is 0.0438. The molecule has 0 spiro atoms. The van der Waals surface area contributed by atoms with E-state index in [1.54, 1.807) is 0 Å². The van der Waals surface area contributed by atoms with Crippen LogP contribution in [0.2, 0.25) is 0 Å². The van der Waals surface area contributed by atoms with Gasteiger partial charge in [0.15, 0.2) is 24.1 Å². The summed E-state index contributed by atoms with van der Waals surface area (Å²) in [6.07, 6.45) is 37.5. The molecule has 0 aliphatic carbocycles. The zero-order valence-corrected chi connectivity index (χ0v) is 39.4. The predicted molar refractivity (Wildman–Crippen MR) is 257 cm³/mol. The fourth-order valence-electron chi connectivity index (χ4n) is 8.41. The third-order valence-corrected chi connectivity index (χ3v) is 12.2. The summed E-state index contributed by atoms with van der Waals surface area (Å²) in [6, 6.07) is 21.5. The van der Waals surface area contributed by atoms with Gasteiger partial charge in [-0.1, -0.05) is 249 Å². The molecular weight excluding hydrogens is 757 g/mol. The van der Waals surface area contributed by atoms with E-state index in [0.29, 0.717) is 30.1 Å². The molecule has 346 valence electrons. The molecule has 6 nitrogen and oxygen atoms in total. The monoisotopic (exact) mass is 847 g/mol. The Bertz CT molecular complexity index is 1400. The SMILES string of the molecule is CCCCCCCCCCCCCCCCCC(O)OC(CC)(Oc1c(Oc2ccccc2)ccc2ccccc12)OC(O)CCCCCCCCCCCCCCCCC. The van der Waals surface area contributed by atoms with E-state index in [1.165, 1.54) is 154 Å². The molecule has 2 atom stereocenters. The number of aliphatic hydroxyl groups excluding tert-OH is 2. The van der Waals surface area contributed by atoms with Crippen LogP contribution >= 0.6 is 0 Å². The summed E-state index contributed by atoms with van der Waals surface area (Å²) in [7, 11) is 0. The van der Waals surface area contributed by atoms with Crippen LogP contribution in [0.3, 0.4) is 0 Å². The summed E-state index contributed by atoms with van der Waals surface area (Å²) in [5.41, 5.74) is 0. The molecule has 0 heterocycles. The summed E-state index contributed by atoms with van der Waals surface area (Å²) in [4.78, 5) is 0. The predicted octanol–water partition coefficient (Wildman–Crippen LogP) is 17.3. The second-order valence-electron chi connectivity index (χ2n) is 17.8. The van der Waals surface area contributed by atoms with Crippen molar-refractivity contribution in [2.24, 2.45) is 0 Å². The minimum absolute atomic E-state index is 0.243. The molecular formula is C55H90O6. The van der Waals surface area contributed by atoms with Crippen LogP contribution in [0.25, 0.3) is 10.8 Å². The van der Waals surface area contributed by atoms with Gasteiger partial charge < -0.3 is 19.7 Å². The molecule has 0 aliphatic rings. The number of ether oxygens (including phenoxy) is 4. The number of benzene rings is 3. The molecule has 0 saturated heterocycles. The van der Waals surface area contributed by atoms with Gasteiger partial charge in [0.05, 0.1) is 0 Å². The fourth-order valence-corrected chi connectivity index (χ4v) is 8.41. The number of aliphatic hydroxyl groups is 2. The molecule has 3 aromatic rings. The molecule has 61 heavy (non-hydrogen) atoms. The first kappa shape index (κ1) is 52.7. The van der Waals surface area contributed by atoms with Crippen LogP contribution in [0.1, 0.15) is 233 Å². The molecule has 3 rings (SSSR count). The van der Waals surface area contributed by atoms with Crippen LogP contribution in [0.15, 0.2) is 66.7 Å². The largest absolute Gasteiger partial charge is 0.453 e. The lowest BCUT2D eigenvalue weighted by molar-refractivity contribution is -0.417. The second kappa shape index (κ2) is 34.8. The molecule has 0 amide bonds. The number of fused-ring (bicyclic) bond motifs is 1. The van der Waals surface area contributed by atoms with Crippen molar-refractivity contribution in [2.75, 3.05) is 0 Å². The van der Waals surface area contributed by atoms with Gasteiger partial charge in [0.2, 0.25) is 0 Å². The van der Waals surface area contributed by atoms with Gasteiger partial charge in [-0.05, 0) is 49.3 Å². The summed E-state index contributed by atoms with van der Waals surface area (Å²) in [5.74, 6) is -0.109. The van der Waals surface area contributed by atoms with E-state index in [-0.39, 0.29) is 6.42 Å². The third-order valence-electron chi connectivity index (χ3n) is 12.2. The summed E-state index contributed by atoms with van der Waals surface area (Å²) >= 11 is 0. The molecule has 2 N–H and O–H groups in total. The van der Waals surface area contributed by atoms with Gasteiger partial charge in [0.1, 0.15) is 5.75 Å². The number of para-hydroxylation sites is 1. The normalized spacial score (nSPS) is 13.7. The zero-order chi connectivity index (χ0) is 43.5. The minimum atomic E-state index is -1.73. The van der Waals surface area contributed by atoms with Gasteiger partial charge in [-0.2, -0.15) is 0 Å². The minimum Gasteiger partial charge on any atom is -0.453 e. The maximum Gasteiger partial charge on any atom is 0.331 e. The van der Waals surface area contributed by atoms with E-state index >= 15 is 0 Å². The smallest absolute Gasteiger partial charge is 0.331 e. The van der Waals surface area contributed by atoms with Crippen LogP contribution in [0.5, 0.6) is 17.2 Å². The van der Waals surface area contributed by atoms with Crippen molar-refractivity contribution in [3.8, 4) is 17.2 Å². The molecule has 0 aromatic heterocycles. The maximum atomic E-state index is 11.4. The van der Waals surface area contributed by atoms with Crippen LogP contribution in [0, 0.1) is 0 Å². The number of hydrogen-bond acceptors (Lipinski definition) is 6. The van der Waals surface area contributed by atoms with Crippen molar-refractivity contribution in [1.29, 1.82) is 0 Å². The summed E-state index contributed by atoms with van der Waals surface area (Å²) in [6.45, 7) is 6.47. The van der Waals surface area contributed by atoms with Crippen molar-refractivity contribution in [1.82, 2.24) is 0 Å². The molecule has 6 heteroatoms. The zero-order valence-electron chi connectivity index (χ0n) is 39.4. The van der Waals surface area contributed by atoms with Crippen LogP contribution < -0.4 is 9.47 Å². The van der Waals surface area contributed by atoms with E-state index < -0.39 is 18.6 Å². The third kappa shape index (κ3) is 24.1. The van der Waals surface area contributed by atoms with Gasteiger partial charge in [-0.3, -0.25) is 9.47 Å². The van der Waals surface area contributed by atoms with E-state index in [9.17, 15) is 10.2 Å². The van der Waals surface area contributed by atoms with Crippen molar-refractivity contribution in [2.45, 2.75) is 251 Å². The van der Waals surface area contributed by atoms with Gasteiger partial charge in [0.25, 0.3) is 0 Å². The van der Waals surface area contributed by atoms with Gasteiger partial charge in [-0.15, -0.1) is 0 Å². The average molecular weight is 847 g/mol. The lowest BCUT2D eigenvalue weighted by atomic mass is 10.0. The first-order valence-electron chi connectivity index (χ1n) is 25.7. The molecule has 0 radical (unpaired) electrons. The van der Waals surface area contributed by atoms with Crippen LogP contribution in [-0.4, -0.2) is 28.8 Å². The Morgan fingerprint density at radius 3 is 1.21 bits per heavy atom. The first-order valence-corrected chi connectivity index (χ1v) is 25.7. The lowest BCUT2D eigenvalue weighted by Gasteiger charge is -2.36. The topological polar surface area (TPSA) is 77.4 Å². The Labute approximate surface area is 373 Å². The van der Waals surface area contributed by atoms with Crippen molar-refractivity contribution in [3.63, 3.8) is 0 Å². The highest BCUT2D eigenvalue weighted by Gasteiger charge is 2.40. The molecule has 0 saturated carbocycles. The van der Waals surface area contributed by atoms with Crippen molar-refractivity contribution < 1.29 is 29.2 Å². The second-order valence-corrected chi connectivity index (χ2v) is 17.8. The lowest BCUT2D eigenvalue weighted by Crippen LogP contribution is -2.47. The van der Waals surface area contributed by atoms with Crippen LogP contribution in [0.4, 0.5) is 0 Å². The van der Waals surface area contributed by atoms with E-state index in [4.69, 9.17) is 18.9 Å².